The first-order valence-electron chi connectivity index (χ1n) is 8.36. The zero-order valence-electron chi connectivity index (χ0n) is 13.4. The topological polar surface area (TPSA) is 50.5 Å². The number of aliphatic hydroxyl groups excluding tert-OH is 1. The molecule has 4 rings (SSSR count). The number of para-hydroxylation sites is 1. The van der Waals surface area contributed by atoms with Gasteiger partial charge in [-0.15, -0.1) is 0 Å². The highest BCUT2D eigenvalue weighted by Gasteiger charge is 2.35. The van der Waals surface area contributed by atoms with Gasteiger partial charge in [0.1, 0.15) is 18.5 Å². The zero-order valence-corrected chi connectivity index (χ0v) is 13.4. The summed E-state index contributed by atoms with van der Waals surface area (Å²) >= 11 is 0. The first kappa shape index (κ1) is 14.7. The second-order valence-corrected chi connectivity index (χ2v) is 6.55. The Morgan fingerprint density at radius 3 is 2.70 bits per heavy atom. The van der Waals surface area contributed by atoms with Gasteiger partial charge in [0.2, 0.25) is 0 Å². The Morgan fingerprint density at radius 2 is 1.96 bits per heavy atom. The van der Waals surface area contributed by atoms with Gasteiger partial charge in [-0.2, -0.15) is 5.10 Å². The van der Waals surface area contributed by atoms with Crippen LogP contribution in [0.25, 0.3) is 0 Å². The molecule has 1 aromatic carbocycles. The maximum Gasteiger partial charge on any atom is 0.125 e. The van der Waals surface area contributed by atoms with Crippen molar-refractivity contribution in [1.82, 2.24) is 14.7 Å². The summed E-state index contributed by atoms with van der Waals surface area (Å²) in [4.78, 5) is 2.38. The summed E-state index contributed by atoms with van der Waals surface area (Å²) < 4.78 is 7.84. The number of aryl methyl sites for hydroxylation is 1. The largest absolute Gasteiger partial charge is 0.491 e. The fourth-order valence-electron chi connectivity index (χ4n) is 3.95. The molecule has 122 valence electrons. The highest BCUT2D eigenvalue weighted by Crippen LogP contribution is 2.36. The van der Waals surface area contributed by atoms with E-state index < -0.39 is 6.10 Å². The summed E-state index contributed by atoms with van der Waals surface area (Å²) in [6.45, 7) is 2.54. The van der Waals surface area contributed by atoms with Gasteiger partial charge in [0, 0.05) is 30.4 Å². The molecule has 0 unspecified atom stereocenters. The molecule has 0 amide bonds. The fraction of sp³-hybridized carbons (Fsp3) is 0.500. The lowest BCUT2D eigenvalue weighted by atomic mass is 9.90. The third-order valence-electron chi connectivity index (χ3n) is 5.29. The third kappa shape index (κ3) is 2.64. The zero-order chi connectivity index (χ0) is 15.8. The molecule has 0 bridgehead atoms. The van der Waals surface area contributed by atoms with E-state index in [9.17, 15) is 5.11 Å². The van der Waals surface area contributed by atoms with Crippen molar-refractivity contribution in [3.05, 3.63) is 47.8 Å². The molecule has 23 heavy (non-hydrogen) atoms. The molecule has 5 nitrogen and oxygen atoms in total. The van der Waals surface area contributed by atoms with Crippen molar-refractivity contribution in [2.45, 2.75) is 30.9 Å². The Bertz CT molecular complexity index is 676. The van der Waals surface area contributed by atoms with Crippen molar-refractivity contribution in [2.75, 3.05) is 19.7 Å². The first-order chi connectivity index (χ1) is 11.2. The summed E-state index contributed by atoms with van der Waals surface area (Å²) in [5.74, 6) is 1.38. The molecule has 1 fully saturated rings. The van der Waals surface area contributed by atoms with Crippen molar-refractivity contribution in [3.63, 3.8) is 0 Å². The molecule has 0 aliphatic carbocycles. The van der Waals surface area contributed by atoms with Gasteiger partial charge in [-0.3, -0.25) is 9.58 Å². The van der Waals surface area contributed by atoms with Crippen LogP contribution in [0, 0.1) is 0 Å². The minimum atomic E-state index is -0.465. The van der Waals surface area contributed by atoms with Gasteiger partial charge < -0.3 is 9.84 Å². The lowest BCUT2D eigenvalue weighted by molar-refractivity contribution is -0.00695. The van der Waals surface area contributed by atoms with Crippen LogP contribution in [0.1, 0.15) is 36.1 Å². The van der Waals surface area contributed by atoms with E-state index in [1.807, 2.05) is 42.2 Å². The number of piperidine rings is 1. The van der Waals surface area contributed by atoms with E-state index in [1.54, 1.807) is 0 Å². The Labute approximate surface area is 136 Å². The number of likely N-dealkylation sites (tertiary alicyclic amines) is 1. The Kier molecular flexibility index (Phi) is 3.83. The molecule has 2 aliphatic rings. The molecule has 2 aliphatic heterocycles. The van der Waals surface area contributed by atoms with Gasteiger partial charge in [0.25, 0.3) is 0 Å². The fourth-order valence-corrected chi connectivity index (χ4v) is 3.95. The smallest absolute Gasteiger partial charge is 0.125 e. The van der Waals surface area contributed by atoms with Gasteiger partial charge >= 0.3 is 0 Å². The number of hydrogen-bond donors (Lipinski definition) is 1. The minimum Gasteiger partial charge on any atom is -0.491 e. The van der Waals surface area contributed by atoms with Crippen molar-refractivity contribution < 1.29 is 9.84 Å². The number of rotatable bonds is 2. The van der Waals surface area contributed by atoms with Crippen LogP contribution < -0.4 is 4.74 Å². The van der Waals surface area contributed by atoms with E-state index in [-0.39, 0.29) is 6.04 Å². The molecule has 1 aromatic heterocycles. The van der Waals surface area contributed by atoms with Crippen molar-refractivity contribution in [1.29, 1.82) is 0 Å². The van der Waals surface area contributed by atoms with Crippen LogP contribution in [0.2, 0.25) is 0 Å². The maximum absolute atomic E-state index is 10.7. The molecule has 1 N–H and O–H groups in total. The summed E-state index contributed by atoms with van der Waals surface area (Å²) in [6.07, 6.45) is 3.61. The number of aliphatic hydroxyl groups is 1. The minimum absolute atomic E-state index is 0.0531. The Balaban J connectivity index is 1.44. The molecule has 0 spiro atoms. The second-order valence-electron chi connectivity index (χ2n) is 6.55. The second kappa shape index (κ2) is 5.98. The molecular formula is C18H23N3O2. The summed E-state index contributed by atoms with van der Waals surface area (Å²) in [6, 6.07) is 9.98. The number of hydrogen-bond acceptors (Lipinski definition) is 4. The van der Waals surface area contributed by atoms with E-state index in [4.69, 9.17) is 4.74 Å². The predicted octanol–water partition coefficient (Wildman–Crippen LogP) is 2.09. The molecule has 2 aromatic rings. The monoisotopic (exact) mass is 313 g/mol. The van der Waals surface area contributed by atoms with Crippen LogP contribution in [0.4, 0.5) is 0 Å². The lowest BCUT2D eigenvalue weighted by Gasteiger charge is -2.41. The maximum atomic E-state index is 10.7. The SMILES string of the molecule is Cn1nccc1C1CCN([C@@H]2COc3ccccc3[C@@H]2O)CC1. The molecule has 5 heteroatoms. The molecule has 0 radical (unpaired) electrons. The highest BCUT2D eigenvalue weighted by atomic mass is 16.5. The van der Waals surface area contributed by atoms with Gasteiger partial charge in [-0.25, -0.2) is 0 Å². The number of fused-ring (bicyclic) bond motifs is 1. The van der Waals surface area contributed by atoms with Crippen LogP contribution in [0.5, 0.6) is 5.75 Å². The molecule has 2 atom stereocenters. The third-order valence-corrected chi connectivity index (χ3v) is 5.29. The van der Waals surface area contributed by atoms with Crippen LogP contribution in [-0.2, 0) is 7.05 Å². The van der Waals surface area contributed by atoms with E-state index in [0.717, 1.165) is 37.2 Å². The number of benzene rings is 1. The highest BCUT2D eigenvalue weighted by molar-refractivity contribution is 5.37. The van der Waals surface area contributed by atoms with Crippen LogP contribution in [-0.4, -0.2) is 45.5 Å². The molecular weight excluding hydrogens is 290 g/mol. The number of aromatic nitrogens is 2. The van der Waals surface area contributed by atoms with Crippen molar-refractivity contribution in [2.24, 2.45) is 7.05 Å². The van der Waals surface area contributed by atoms with E-state index >= 15 is 0 Å². The van der Waals surface area contributed by atoms with Gasteiger partial charge in [0.15, 0.2) is 0 Å². The predicted molar refractivity (Wildman–Crippen MR) is 87.4 cm³/mol. The van der Waals surface area contributed by atoms with Gasteiger partial charge in [-0.05, 0) is 38.1 Å². The van der Waals surface area contributed by atoms with Gasteiger partial charge in [0.05, 0.1) is 6.04 Å². The van der Waals surface area contributed by atoms with Crippen LogP contribution in [0.3, 0.4) is 0 Å². The standard InChI is InChI=1S/C18H23N3O2/c1-20-15(6-9-19-20)13-7-10-21(11-8-13)16-12-23-17-5-3-2-4-14(17)18(16)22/h2-6,9,13,16,18,22H,7-8,10-12H2,1H3/t16-,18+/m1/s1. The van der Waals surface area contributed by atoms with Gasteiger partial charge in [-0.1, -0.05) is 18.2 Å². The summed E-state index contributed by atoms with van der Waals surface area (Å²) in [5, 5.41) is 15.0. The Morgan fingerprint density at radius 1 is 1.17 bits per heavy atom. The average molecular weight is 313 g/mol. The number of nitrogens with zero attached hydrogens (tertiary/aromatic N) is 3. The molecule has 3 heterocycles. The van der Waals surface area contributed by atoms with E-state index in [1.165, 1.54) is 5.69 Å². The van der Waals surface area contributed by atoms with E-state index in [0.29, 0.717) is 12.5 Å². The van der Waals surface area contributed by atoms with E-state index in [2.05, 4.69) is 16.1 Å². The normalized spacial score (nSPS) is 25.8. The Hall–Kier alpha value is -1.85. The van der Waals surface area contributed by atoms with Crippen LogP contribution in [0.15, 0.2) is 36.5 Å². The molecule has 1 saturated heterocycles. The van der Waals surface area contributed by atoms with Crippen LogP contribution >= 0.6 is 0 Å². The molecule has 0 saturated carbocycles. The van der Waals surface area contributed by atoms with Crippen molar-refractivity contribution in [3.8, 4) is 5.75 Å². The lowest BCUT2D eigenvalue weighted by Crippen LogP contribution is -2.49. The average Bonchev–Trinajstić information content (AvgIpc) is 3.02. The quantitative estimate of drug-likeness (QED) is 0.922. The van der Waals surface area contributed by atoms with Crippen molar-refractivity contribution >= 4 is 0 Å². The first-order valence-corrected chi connectivity index (χ1v) is 8.36. The summed E-state index contributed by atoms with van der Waals surface area (Å²) in [7, 11) is 2.01. The summed E-state index contributed by atoms with van der Waals surface area (Å²) in [5.41, 5.74) is 2.23. The number of ether oxygens (including phenoxy) is 1.